The van der Waals surface area contributed by atoms with E-state index in [9.17, 15) is 0 Å². The summed E-state index contributed by atoms with van der Waals surface area (Å²) < 4.78 is 10.6. The van der Waals surface area contributed by atoms with E-state index >= 15 is 0 Å². The fourth-order valence-corrected chi connectivity index (χ4v) is 6.15. The molecule has 0 unspecified atom stereocenters. The zero-order valence-corrected chi connectivity index (χ0v) is 28.1. The van der Waals surface area contributed by atoms with Crippen LogP contribution in [-0.4, -0.2) is 19.3 Å². The topological polar surface area (TPSA) is 44.9 Å². The SMILES string of the molecule is CCCc1ccc2c(c1)c1ccc(Oc3[c-]c(-n4nc(C)c(-c5ccccc5)c4C)ccc3)[c-]c1n2-c1cc(CC)ccn1.[Pt+2]. The Balaban J connectivity index is 0.00000357. The summed E-state index contributed by atoms with van der Waals surface area (Å²) in [5, 5.41) is 7.19. The van der Waals surface area contributed by atoms with Gasteiger partial charge in [-0.15, -0.1) is 35.7 Å². The number of hydrogen-bond acceptors (Lipinski definition) is 3. The zero-order valence-electron chi connectivity index (χ0n) is 25.9. The second kappa shape index (κ2) is 12.9. The van der Waals surface area contributed by atoms with Crippen LogP contribution in [0.5, 0.6) is 11.5 Å². The minimum absolute atomic E-state index is 0. The average molecular weight is 770 g/mol. The van der Waals surface area contributed by atoms with Crippen LogP contribution in [0.4, 0.5) is 0 Å². The van der Waals surface area contributed by atoms with Gasteiger partial charge < -0.3 is 9.30 Å². The van der Waals surface area contributed by atoms with Crippen LogP contribution < -0.4 is 4.74 Å². The summed E-state index contributed by atoms with van der Waals surface area (Å²) >= 11 is 0. The van der Waals surface area contributed by atoms with Crippen molar-refractivity contribution in [3.63, 3.8) is 0 Å². The summed E-state index contributed by atoms with van der Waals surface area (Å²) in [6.45, 7) is 8.52. The molecule has 226 valence electrons. The molecule has 0 aliphatic heterocycles. The number of aryl methyl sites for hydroxylation is 3. The first-order chi connectivity index (χ1) is 21.5. The molecule has 5 nitrogen and oxygen atoms in total. The molecule has 0 atom stereocenters. The van der Waals surface area contributed by atoms with E-state index in [1.165, 1.54) is 16.5 Å². The molecule has 0 N–H and O–H groups in total. The third-order valence-electron chi connectivity index (χ3n) is 8.25. The van der Waals surface area contributed by atoms with Gasteiger partial charge >= 0.3 is 21.1 Å². The van der Waals surface area contributed by atoms with Crippen LogP contribution in [0.3, 0.4) is 0 Å². The molecule has 3 heterocycles. The zero-order chi connectivity index (χ0) is 30.2. The number of nitrogens with zero attached hydrogens (tertiary/aromatic N) is 4. The van der Waals surface area contributed by atoms with E-state index in [2.05, 4.69) is 98.1 Å². The Morgan fingerprint density at radius 1 is 0.778 bits per heavy atom. The van der Waals surface area contributed by atoms with Crippen molar-refractivity contribution >= 4 is 21.8 Å². The van der Waals surface area contributed by atoms with Crippen molar-refractivity contribution in [3.05, 3.63) is 132 Å². The molecule has 0 bridgehead atoms. The van der Waals surface area contributed by atoms with Gasteiger partial charge in [-0.05, 0) is 72.7 Å². The van der Waals surface area contributed by atoms with Gasteiger partial charge in [0.2, 0.25) is 0 Å². The summed E-state index contributed by atoms with van der Waals surface area (Å²) in [4.78, 5) is 4.77. The molecule has 0 aliphatic carbocycles. The number of fused-ring (bicyclic) bond motifs is 3. The third-order valence-corrected chi connectivity index (χ3v) is 8.25. The Morgan fingerprint density at radius 3 is 2.40 bits per heavy atom. The van der Waals surface area contributed by atoms with Crippen LogP contribution in [0.15, 0.2) is 97.2 Å². The Labute approximate surface area is 278 Å². The molecule has 45 heavy (non-hydrogen) atoms. The Kier molecular flexibility index (Phi) is 8.74. The maximum Gasteiger partial charge on any atom is 2.00 e. The fourth-order valence-electron chi connectivity index (χ4n) is 6.15. The maximum atomic E-state index is 6.42. The van der Waals surface area contributed by atoms with E-state index in [1.54, 1.807) is 0 Å². The number of benzene rings is 4. The molecule has 7 aromatic rings. The first-order valence-electron chi connectivity index (χ1n) is 15.3. The summed E-state index contributed by atoms with van der Waals surface area (Å²) in [5.41, 5.74) is 9.78. The van der Waals surface area contributed by atoms with Gasteiger partial charge in [-0.25, -0.2) is 4.98 Å². The molecular weight excluding hydrogens is 736 g/mol. The van der Waals surface area contributed by atoms with Gasteiger partial charge in [0.05, 0.1) is 5.69 Å². The van der Waals surface area contributed by atoms with Gasteiger partial charge in [-0.1, -0.05) is 68.2 Å². The molecule has 6 heteroatoms. The monoisotopic (exact) mass is 769 g/mol. The predicted octanol–water partition coefficient (Wildman–Crippen LogP) is 9.55. The second-order valence-corrected chi connectivity index (χ2v) is 11.2. The molecule has 0 spiro atoms. The molecule has 0 radical (unpaired) electrons. The van der Waals surface area contributed by atoms with Gasteiger partial charge in [-0.2, -0.15) is 17.2 Å². The summed E-state index contributed by atoms with van der Waals surface area (Å²) in [5.74, 6) is 2.10. The van der Waals surface area contributed by atoms with Crippen LogP contribution in [0.25, 0.3) is 44.4 Å². The fraction of sp³-hybridized carbons (Fsp3) is 0.179. The van der Waals surface area contributed by atoms with Gasteiger partial charge in [-0.3, -0.25) is 4.68 Å². The van der Waals surface area contributed by atoms with E-state index in [4.69, 9.17) is 14.8 Å². The quantitative estimate of drug-likeness (QED) is 0.145. The summed E-state index contributed by atoms with van der Waals surface area (Å²) in [7, 11) is 0. The van der Waals surface area contributed by atoms with Crippen molar-refractivity contribution in [1.29, 1.82) is 0 Å². The van der Waals surface area contributed by atoms with E-state index in [0.29, 0.717) is 11.5 Å². The number of rotatable bonds is 8. The molecular formula is C39H34N4OPt. The first kappa shape index (κ1) is 30.6. The molecule has 0 amide bonds. The number of aromatic nitrogens is 4. The summed E-state index contributed by atoms with van der Waals surface area (Å²) in [6, 6.07) is 38.4. The van der Waals surface area contributed by atoms with Crippen LogP contribution >= 0.6 is 0 Å². The third kappa shape index (κ3) is 5.73. The molecule has 3 aromatic heterocycles. The molecule has 7 rings (SSSR count). The van der Waals surface area contributed by atoms with Gasteiger partial charge in [0, 0.05) is 34.5 Å². The predicted molar refractivity (Wildman–Crippen MR) is 178 cm³/mol. The van der Waals surface area contributed by atoms with Crippen molar-refractivity contribution in [2.45, 2.75) is 47.0 Å². The van der Waals surface area contributed by atoms with Crippen molar-refractivity contribution < 1.29 is 25.8 Å². The minimum atomic E-state index is 0. The van der Waals surface area contributed by atoms with Gasteiger partial charge in [0.1, 0.15) is 5.82 Å². The van der Waals surface area contributed by atoms with Crippen LogP contribution in [0.1, 0.15) is 42.8 Å². The maximum absolute atomic E-state index is 6.42. The van der Waals surface area contributed by atoms with Crippen LogP contribution in [0.2, 0.25) is 0 Å². The Bertz CT molecular complexity index is 2130. The molecule has 4 aromatic carbocycles. The summed E-state index contributed by atoms with van der Waals surface area (Å²) in [6.07, 6.45) is 4.99. The van der Waals surface area contributed by atoms with Crippen molar-refractivity contribution in [3.8, 4) is 34.1 Å². The van der Waals surface area contributed by atoms with E-state index < -0.39 is 0 Å². The average Bonchev–Trinajstić information content (AvgIpc) is 3.54. The molecule has 0 aliphatic rings. The van der Waals surface area contributed by atoms with Crippen molar-refractivity contribution in [2.75, 3.05) is 0 Å². The second-order valence-electron chi connectivity index (χ2n) is 11.2. The van der Waals surface area contributed by atoms with E-state index in [1.807, 2.05) is 48.1 Å². The number of hydrogen-bond donors (Lipinski definition) is 0. The van der Waals surface area contributed by atoms with E-state index in [0.717, 1.165) is 69.7 Å². The molecule has 0 saturated carbocycles. The standard InChI is InChI=1S/C39H34N4O.Pt/c1-5-11-29-16-19-36-35(22-29)34-18-17-33(25-37(34)42(36)38-23-28(6-2)20-21-40-38)44-32-15-10-14-31(24-32)43-27(4)39(26(3)41-43)30-12-8-7-9-13-30;/h7-10,12-23H,5-6,11H2,1-4H3;/q-2;+2. The first-order valence-corrected chi connectivity index (χ1v) is 15.3. The van der Waals surface area contributed by atoms with Crippen LogP contribution in [0, 0.1) is 26.0 Å². The Morgan fingerprint density at radius 2 is 1.60 bits per heavy atom. The van der Waals surface area contributed by atoms with Crippen molar-refractivity contribution in [1.82, 2.24) is 19.3 Å². The van der Waals surface area contributed by atoms with Gasteiger partial charge in [0.15, 0.2) is 0 Å². The largest absolute Gasteiger partial charge is 2.00 e. The molecule has 0 fully saturated rings. The normalized spacial score (nSPS) is 11.2. The van der Waals surface area contributed by atoms with Gasteiger partial charge in [0.25, 0.3) is 0 Å². The minimum Gasteiger partial charge on any atom is -0.509 e. The number of ether oxygens (including phenoxy) is 1. The Hall–Kier alpha value is -4.47. The number of pyridine rings is 1. The molecule has 0 saturated heterocycles. The van der Waals surface area contributed by atoms with E-state index in [-0.39, 0.29) is 21.1 Å². The van der Waals surface area contributed by atoms with Crippen LogP contribution in [-0.2, 0) is 33.9 Å². The smallest absolute Gasteiger partial charge is 0.509 e. The van der Waals surface area contributed by atoms with Crippen molar-refractivity contribution in [2.24, 2.45) is 0 Å².